The average molecular weight is 531 g/mol. The fourth-order valence-electron chi connectivity index (χ4n) is 5.02. The van der Waals surface area contributed by atoms with Crippen molar-refractivity contribution in [1.82, 2.24) is 10.6 Å². The lowest BCUT2D eigenvalue weighted by molar-refractivity contribution is -0.150. The molecule has 0 amide bonds. The van der Waals surface area contributed by atoms with E-state index in [1.165, 1.54) is 0 Å². The number of hydrogen-bond acceptors (Lipinski definition) is 6. The van der Waals surface area contributed by atoms with Crippen LogP contribution in [0, 0.1) is 0 Å². The van der Waals surface area contributed by atoms with Crippen molar-refractivity contribution in [1.29, 1.82) is 0 Å². The normalized spacial score (nSPS) is 23.7. The second-order valence-corrected chi connectivity index (χ2v) is 11.7. The summed E-state index contributed by atoms with van der Waals surface area (Å²) in [6, 6.07) is 14.4. The molecule has 0 spiro atoms. The average Bonchev–Trinajstić information content (AvgIpc) is 2.76. The number of ether oxygens (including phenoxy) is 2. The Hall–Kier alpha value is -2.38. The van der Waals surface area contributed by atoms with Gasteiger partial charge < -0.3 is 20.1 Å². The third kappa shape index (κ3) is 6.68. The van der Waals surface area contributed by atoms with E-state index >= 15 is 0 Å². The molecule has 6 nitrogen and oxygen atoms in total. The highest BCUT2D eigenvalue weighted by atomic mass is 35.5. The van der Waals surface area contributed by atoms with E-state index in [0.717, 1.165) is 36.1 Å². The minimum atomic E-state index is -0.634. The van der Waals surface area contributed by atoms with Crippen LogP contribution in [-0.4, -0.2) is 35.1 Å². The molecule has 36 heavy (non-hydrogen) atoms. The Morgan fingerprint density at radius 1 is 0.806 bits per heavy atom. The van der Waals surface area contributed by atoms with Crippen molar-refractivity contribution in [2.45, 2.75) is 75.9 Å². The molecule has 192 valence electrons. The minimum Gasteiger partial charge on any atom is -0.453 e. The van der Waals surface area contributed by atoms with Crippen LogP contribution >= 0.6 is 23.2 Å². The molecular formula is C28H32Cl2N2O4. The first-order chi connectivity index (χ1) is 16.9. The van der Waals surface area contributed by atoms with Gasteiger partial charge in [0.1, 0.15) is 12.2 Å². The maximum Gasteiger partial charge on any atom is 0.331 e. The molecule has 0 aromatic heterocycles. The molecule has 0 aliphatic carbocycles. The topological polar surface area (TPSA) is 76.7 Å². The molecular weight excluding hydrogens is 499 g/mol. The third-order valence-corrected chi connectivity index (χ3v) is 7.01. The smallest absolute Gasteiger partial charge is 0.331 e. The summed E-state index contributed by atoms with van der Waals surface area (Å²) in [5.74, 6) is -1.27. The van der Waals surface area contributed by atoms with Crippen LogP contribution in [0.25, 0.3) is 0 Å². The summed E-state index contributed by atoms with van der Waals surface area (Å²) in [6.07, 6.45) is 2.80. The first kappa shape index (κ1) is 26.7. The highest BCUT2D eigenvalue weighted by Gasteiger charge is 2.43. The maximum atomic E-state index is 12.7. The molecule has 0 unspecified atom stereocenters. The minimum absolute atomic E-state index is 0.0347. The van der Waals surface area contributed by atoms with Gasteiger partial charge in [-0.05, 0) is 75.9 Å². The summed E-state index contributed by atoms with van der Waals surface area (Å²) >= 11 is 12.3. The van der Waals surface area contributed by atoms with Crippen LogP contribution in [0.2, 0.25) is 10.0 Å². The zero-order valence-corrected chi connectivity index (χ0v) is 22.4. The lowest BCUT2D eigenvalue weighted by Gasteiger charge is -2.47. The molecule has 2 aliphatic heterocycles. The third-order valence-electron chi connectivity index (χ3n) is 6.54. The number of rotatable bonds is 8. The van der Waals surface area contributed by atoms with Crippen LogP contribution in [0.5, 0.6) is 0 Å². The molecule has 0 radical (unpaired) electrons. The van der Waals surface area contributed by atoms with Crippen LogP contribution in [0.3, 0.4) is 0 Å². The molecule has 0 saturated carbocycles. The Morgan fingerprint density at radius 3 is 1.47 bits per heavy atom. The predicted octanol–water partition coefficient (Wildman–Crippen LogP) is 5.70. The van der Waals surface area contributed by atoms with Crippen molar-refractivity contribution in [2.24, 2.45) is 0 Å². The van der Waals surface area contributed by atoms with E-state index in [0.29, 0.717) is 10.0 Å². The maximum absolute atomic E-state index is 12.7. The van der Waals surface area contributed by atoms with Crippen LogP contribution < -0.4 is 10.6 Å². The molecule has 2 aliphatic rings. The number of nitrogens with one attached hydrogen (secondary N) is 2. The first-order valence-electron chi connectivity index (χ1n) is 12.1. The van der Waals surface area contributed by atoms with Gasteiger partial charge in [0, 0.05) is 33.3 Å². The standard InChI is InChI=1S/C28H32Cl2N2O4/c1-27(2)15-21(31-27)25(17-7-5-9-19(29)13-17)35-23(33)11-12-24(34)36-26(22-16-28(3,4)32-22)18-8-6-10-20(30)14-18/h5-14,21-22,25-26,31-32H,15-16H2,1-4H3/b12-11-/t21-,22-,25+,26+/m1/s1. The molecule has 4 rings (SSSR count). The summed E-state index contributed by atoms with van der Waals surface area (Å²) < 4.78 is 11.5. The summed E-state index contributed by atoms with van der Waals surface area (Å²) in [6.45, 7) is 8.35. The van der Waals surface area contributed by atoms with Gasteiger partial charge in [0.05, 0.1) is 12.1 Å². The molecule has 8 heteroatoms. The van der Waals surface area contributed by atoms with Gasteiger partial charge in [-0.3, -0.25) is 0 Å². The second-order valence-electron chi connectivity index (χ2n) is 10.8. The van der Waals surface area contributed by atoms with Crippen molar-refractivity contribution in [3.05, 3.63) is 81.9 Å². The fourth-order valence-corrected chi connectivity index (χ4v) is 5.42. The van der Waals surface area contributed by atoms with E-state index in [1.807, 2.05) is 24.3 Å². The molecule has 2 heterocycles. The number of carbonyl (C=O) groups is 2. The molecule has 4 atom stereocenters. The molecule has 2 saturated heterocycles. The van der Waals surface area contributed by atoms with E-state index in [-0.39, 0.29) is 23.2 Å². The molecule has 2 aromatic carbocycles. The van der Waals surface area contributed by atoms with Crippen molar-refractivity contribution in [3.8, 4) is 0 Å². The molecule has 2 N–H and O–H groups in total. The summed E-state index contributed by atoms with van der Waals surface area (Å²) in [5.41, 5.74) is 1.51. The van der Waals surface area contributed by atoms with Gasteiger partial charge in [0.2, 0.25) is 0 Å². The van der Waals surface area contributed by atoms with Crippen molar-refractivity contribution >= 4 is 35.1 Å². The number of carbonyl (C=O) groups excluding carboxylic acids is 2. The van der Waals surface area contributed by atoms with Crippen LogP contribution in [0.15, 0.2) is 60.7 Å². The first-order valence-corrected chi connectivity index (χ1v) is 12.8. The highest BCUT2D eigenvalue weighted by Crippen LogP contribution is 2.37. The van der Waals surface area contributed by atoms with E-state index in [9.17, 15) is 9.59 Å². The van der Waals surface area contributed by atoms with Gasteiger partial charge in [-0.1, -0.05) is 47.5 Å². The van der Waals surface area contributed by atoms with Crippen LogP contribution in [0.4, 0.5) is 0 Å². The quantitative estimate of drug-likeness (QED) is 0.336. The molecule has 2 aromatic rings. The summed E-state index contributed by atoms with van der Waals surface area (Å²) in [4.78, 5) is 25.4. The van der Waals surface area contributed by atoms with Crippen molar-refractivity contribution < 1.29 is 19.1 Å². The van der Waals surface area contributed by atoms with Gasteiger partial charge in [-0.25, -0.2) is 9.59 Å². The van der Waals surface area contributed by atoms with E-state index in [1.54, 1.807) is 24.3 Å². The van der Waals surface area contributed by atoms with E-state index in [2.05, 4.69) is 38.3 Å². The van der Waals surface area contributed by atoms with Gasteiger partial charge in [-0.15, -0.1) is 0 Å². The summed E-state index contributed by atoms with van der Waals surface area (Å²) in [7, 11) is 0. The number of halogens is 2. The Morgan fingerprint density at radius 2 is 1.17 bits per heavy atom. The highest BCUT2D eigenvalue weighted by molar-refractivity contribution is 6.30. The number of benzene rings is 2. The monoisotopic (exact) mass is 530 g/mol. The van der Waals surface area contributed by atoms with Crippen molar-refractivity contribution in [2.75, 3.05) is 0 Å². The van der Waals surface area contributed by atoms with Crippen LogP contribution in [-0.2, 0) is 19.1 Å². The SMILES string of the molecule is CC1(C)C[C@H]([C@@H](OC(=O)/C=C\C(=O)O[C@@H](c2cccc(Cl)c2)[C@H]2CC(C)(C)N2)c2cccc(Cl)c2)N1. The largest absolute Gasteiger partial charge is 0.453 e. The Bertz CT molecular complexity index is 1060. The molecule has 2 fully saturated rings. The lowest BCUT2D eigenvalue weighted by atomic mass is 9.80. The Kier molecular flexibility index (Phi) is 7.81. The van der Waals surface area contributed by atoms with E-state index in [4.69, 9.17) is 32.7 Å². The van der Waals surface area contributed by atoms with Gasteiger partial charge in [0.15, 0.2) is 0 Å². The fraction of sp³-hybridized carbons (Fsp3) is 0.429. The lowest BCUT2D eigenvalue weighted by Crippen LogP contribution is -2.62. The number of esters is 2. The second kappa shape index (κ2) is 10.5. The van der Waals surface area contributed by atoms with Crippen molar-refractivity contribution in [3.63, 3.8) is 0 Å². The summed E-state index contributed by atoms with van der Waals surface area (Å²) in [5, 5.41) is 7.99. The predicted molar refractivity (Wildman–Crippen MR) is 141 cm³/mol. The Balaban J connectivity index is 1.42. The molecule has 0 bridgehead atoms. The number of hydrogen-bond donors (Lipinski definition) is 2. The van der Waals surface area contributed by atoms with Crippen LogP contribution in [0.1, 0.15) is 63.9 Å². The van der Waals surface area contributed by atoms with Gasteiger partial charge in [-0.2, -0.15) is 0 Å². The Labute approximate surface area is 222 Å². The van der Waals surface area contributed by atoms with Gasteiger partial charge in [0.25, 0.3) is 0 Å². The zero-order valence-electron chi connectivity index (χ0n) is 20.9. The van der Waals surface area contributed by atoms with Gasteiger partial charge >= 0.3 is 11.9 Å². The zero-order chi connectivity index (χ0) is 26.1. The van der Waals surface area contributed by atoms with E-state index < -0.39 is 24.1 Å².